The molecule has 1 rings (SSSR count). The molecule has 8 nitrogen and oxygen atoms in total. The summed E-state index contributed by atoms with van der Waals surface area (Å²) in [5.74, 6) is -0.792. The van der Waals surface area contributed by atoms with Crippen molar-refractivity contribution in [2.45, 2.75) is 25.6 Å². The SMILES string of the molecule is COc1cc(OC)nc(OC(C(=O)O)C(C)(C)OC)n1. The molecule has 20 heavy (non-hydrogen) atoms. The van der Waals surface area contributed by atoms with E-state index in [2.05, 4.69) is 9.97 Å². The van der Waals surface area contributed by atoms with Gasteiger partial charge in [-0.2, -0.15) is 9.97 Å². The molecule has 0 saturated carbocycles. The molecule has 1 unspecified atom stereocenters. The Balaban J connectivity index is 3.08. The van der Waals surface area contributed by atoms with Gasteiger partial charge in [0.2, 0.25) is 17.9 Å². The minimum absolute atomic E-state index is 0.168. The number of rotatable bonds is 7. The molecule has 1 aromatic rings. The second kappa shape index (κ2) is 6.38. The summed E-state index contributed by atoms with van der Waals surface area (Å²) in [6.45, 7) is 3.17. The molecule has 0 aromatic carbocycles. The van der Waals surface area contributed by atoms with E-state index < -0.39 is 17.7 Å². The van der Waals surface area contributed by atoms with E-state index in [4.69, 9.17) is 18.9 Å². The van der Waals surface area contributed by atoms with E-state index >= 15 is 0 Å². The Morgan fingerprint density at radius 2 is 1.70 bits per heavy atom. The lowest BCUT2D eigenvalue weighted by Crippen LogP contribution is -2.48. The maximum absolute atomic E-state index is 11.3. The van der Waals surface area contributed by atoms with Crippen molar-refractivity contribution in [1.29, 1.82) is 0 Å². The van der Waals surface area contributed by atoms with Crippen molar-refractivity contribution in [2.24, 2.45) is 0 Å². The van der Waals surface area contributed by atoms with E-state index in [-0.39, 0.29) is 17.8 Å². The van der Waals surface area contributed by atoms with Gasteiger partial charge in [-0.05, 0) is 13.8 Å². The summed E-state index contributed by atoms with van der Waals surface area (Å²) in [5.41, 5.74) is -1.06. The Kier molecular flexibility index (Phi) is 5.09. The third kappa shape index (κ3) is 3.70. The van der Waals surface area contributed by atoms with E-state index in [9.17, 15) is 9.90 Å². The molecule has 0 radical (unpaired) electrons. The molecule has 1 heterocycles. The number of aromatic nitrogens is 2. The fourth-order valence-corrected chi connectivity index (χ4v) is 1.35. The third-order valence-corrected chi connectivity index (χ3v) is 2.68. The minimum Gasteiger partial charge on any atom is -0.481 e. The lowest BCUT2D eigenvalue weighted by atomic mass is 10.0. The van der Waals surface area contributed by atoms with Gasteiger partial charge in [-0.3, -0.25) is 0 Å². The fraction of sp³-hybridized carbons (Fsp3) is 0.583. The summed E-state index contributed by atoms with van der Waals surface area (Å²) in [6.07, 6.45) is -1.29. The molecule has 0 fully saturated rings. The van der Waals surface area contributed by atoms with Crippen LogP contribution >= 0.6 is 0 Å². The van der Waals surface area contributed by atoms with Crippen LogP contribution < -0.4 is 14.2 Å². The Bertz CT molecular complexity index is 455. The van der Waals surface area contributed by atoms with Crippen LogP contribution in [0.4, 0.5) is 0 Å². The first kappa shape index (κ1) is 16.0. The van der Waals surface area contributed by atoms with Crippen molar-refractivity contribution in [3.8, 4) is 17.8 Å². The third-order valence-electron chi connectivity index (χ3n) is 2.68. The number of methoxy groups -OCH3 is 3. The fourth-order valence-electron chi connectivity index (χ4n) is 1.35. The molecule has 8 heteroatoms. The highest BCUT2D eigenvalue weighted by atomic mass is 16.6. The van der Waals surface area contributed by atoms with Crippen molar-refractivity contribution in [2.75, 3.05) is 21.3 Å². The van der Waals surface area contributed by atoms with Crippen molar-refractivity contribution in [1.82, 2.24) is 9.97 Å². The smallest absolute Gasteiger partial charge is 0.348 e. The predicted molar refractivity (Wildman–Crippen MR) is 68.3 cm³/mol. The number of carbonyl (C=O) groups is 1. The van der Waals surface area contributed by atoms with Crippen molar-refractivity contribution < 1.29 is 28.8 Å². The quantitative estimate of drug-likeness (QED) is 0.783. The van der Waals surface area contributed by atoms with Gasteiger partial charge in [0.1, 0.15) is 5.60 Å². The van der Waals surface area contributed by atoms with Crippen LogP contribution in [0.5, 0.6) is 17.8 Å². The second-order valence-corrected chi connectivity index (χ2v) is 4.38. The van der Waals surface area contributed by atoms with Gasteiger partial charge in [-0.1, -0.05) is 0 Å². The molecular formula is C12H18N2O6. The molecule has 1 aromatic heterocycles. The van der Waals surface area contributed by atoms with Gasteiger partial charge < -0.3 is 24.1 Å². The van der Waals surface area contributed by atoms with Crippen LogP contribution in [0.25, 0.3) is 0 Å². The van der Waals surface area contributed by atoms with Crippen LogP contribution in [0, 0.1) is 0 Å². The van der Waals surface area contributed by atoms with Gasteiger partial charge in [0, 0.05) is 7.11 Å². The molecular weight excluding hydrogens is 268 g/mol. The van der Waals surface area contributed by atoms with Gasteiger partial charge >= 0.3 is 12.0 Å². The van der Waals surface area contributed by atoms with E-state index in [1.165, 1.54) is 27.4 Å². The molecule has 0 saturated heterocycles. The monoisotopic (exact) mass is 286 g/mol. The van der Waals surface area contributed by atoms with Crippen molar-refractivity contribution in [3.63, 3.8) is 0 Å². The van der Waals surface area contributed by atoms with Crippen LogP contribution in [0.2, 0.25) is 0 Å². The molecule has 0 bridgehead atoms. The molecule has 1 atom stereocenters. The molecule has 0 aliphatic carbocycles. The average Bonchev–Trinajstić information content (AvgIpc) is 2.43. The van der Waals surface area contributed by atoms with Crippen LogP contribution in [-0.4, -0.2) is 54.1 Å². The first-order chi connectivity index (χ1) is 9.33. The van der Waals surface area contributed by atoms with E-state index in [1.54, 1.807) is 13.8 Å². The number of aliphatic carboxylic acids is 1. The highest BCUT2D eigenvalue weighted by molar-refractivity contribution is 5.74. The highest BCUT2D eigenvalue weighted by Crippen LogP contribution is 2.23. The molecule has 0 amide bonds. The maximum atomic E-state index is 11.3. The zero-order valence-electron chi connectivity index (χ0n) is 12.0. The topological polar surface area (TPSA) is 100 Å². The number of hydrogen-bond acceptors (Lipinski definition) is 7. The Hall–Kier alpha value is -2.09. The lowest BCUT2D eigenvalue weighted by molar-refractivity contribution is -0.160. The Morgan fingerprint density at radius 3 is 2.05 bits per heavy atom. The summed E-state index contributed by atoms with van der Waals surface area (Å²) in [6, 6.07) is 1.28. The standard InChI is InChI=1S/C12H18N2O6/c1-12(2,19-5)9(10(15)16)20-11-13-7(17-3)6-8(14-11)18-4/h6,9H,1-5H3,(H,15,16). The van der Waals surface area contributed by atoms with Crippen LogP contribution in [-0.2, 0) is 9.53 Å². The van der Waals surface area contributed by atoms with Gasteiger partial charge in [0.25, 0.3) is 0 Å². The van der Waals surface area contributed by atoms with E-state index in [0.717, 1.165) is 0 Å². The number of carboxylic acid groups (broad SMARTS) is 1. The summed E-state index contributed by atoms with van der Waals surface area (Å²) in [7, 11) is 4.23. The summed E-state index contributed by atoms with van der Waals surface area (Å²) < 4.78 is 20.4. The van der Waals surface area contributed by atoms with Crippen molar-refractivity contribution >= 4 is 5.97 Å². The Morgan fingerprint density at radius 1 is 1.20 bits per heavy atom. The first-order valence-corrected chi connectivity index (χ1v) is 5.75. The predicted octanol–water partition coefficient (Wildman–Crippen LogP) is 0.751. The first-order valence-electron chi connectivity index (χ1n) is 5.75. The van der Waals surface area contributed by atoms with Crippen LogP contribution in [0.15, 0.2) is 6.07 Å². The molecule has 112 valence electrons. The zero-order valence-corrected chi connectivity index (χ0v) is 12.0. The molecule has 0 aliphatic rings. The number of ether oxygens (including phenoxy) is 4. The minimum atomic E-state index is -1.29. The van der Waals surface area contributed by atoms with Crippen molar-refractivity contribution in [3.05, 3.63) is 6.07 Å². The largest absolute Gasteiger partial charge is 0.481 e. The zero-order chi connectivity index (χ0) is 15.3. The summed E-state index contributed by atoms with van der Waals surface area (Å²) >= 11 is 0. The normalized spacial score (nSPS) is 12.7. The van der Waals surface area contributed by atoms with Gasteiger partial charge in [-0.15, -0.1) is 0 Å². The molecule has 0 aliphatic heterocycles. The maximum Gasteiger partial charge on any atom is 0.348 e. The molecule has 1 N–H and O–H groups in total. The average molecular weight is 286 g/mol. The second-order valence-electron chi connectivity index (χ2n) is 4.38. The Labute approximate surface area is 116 Å². The molecule has 0 spiro atoms. The number of carboxylic acids is 1. The highest BCUT2D eigenvalue weighted by Gasteiger charge is 2.38. The summed E-state index contributed by atoms with van der Waals surface area (Å²) in [4.78, 5) is 19.1. The number of nitrogens with zero attached hydrogens (tertiary/aromatic N) is 2. The van der Waals surface area contributed by atoms with E-state index in [0.29, 0.717) is 0 Å². The number of hydrogen-bond donors (Lipinski definition) is 1. The summed E-state index contributed by atoms with van der Waals surface area (Å²) in [5, 5.41) is 9.23. The van der Waals surface area contributed by atoms with Gasteiger partial charge in [0.05, 0.1) is 20.3 Å². The van der Waals surface area contributed by atoms with Crippen LogP contribution in [0.1, 0.15) is 13.8 Å². The van der Waals surface area contributed by atoms with E-state index in [1.807, 2.05) is 0 Å². The van der Waals surface area contributed by atoms with Gasteiger partial charge in [-0.25, -0.2) is 4.79 Å². The lowest BCUT2D eigenvalue weighted by Gasteiger charge is -2.29. The van der Waals surface area contributed by atoms with Gasteiger partial charge in [0.15, 0.2) is 0 Å². The van der Waals surface area contributed by atoms with Crippen LogP contribution in [0.3, 0.4) is 0 Å².